The van der Waals surface area contributed by atoms with Gasteiger partial charge in [0.2, 0.25) is 5.91 Å². The van der Waals surface area contributed by atoms with Gasteiger partial charge in [-0.1, -0.05) is 91.0 Å². The first kappa shape index (κ1) is 33.4. The zero-order valence-corrected chi connectivity index (χ0v) is 27.5. The third-order valence-electron chi connectivity index (χ3n) is 8.02. The van der Waals surface area contributed by atoms with E-state index < -0.39 is 35.4 Å². The molecule has 0 radical (unpaired) electrons. The highest BCUT2D eigenvalue weighted by Gasteiger charge is 2.54. The third kappa shape index (κ3) is 7.95. The first-order valence-electron chi connectivity index (χ1n) is 15.6. The van der Waals surface area contributed by atoms with Gasteiger partial charge in [-0.25, -0.2) is 9.59 Å². The van der Waals surface area contributed by atoms with Crippen LogP contribution >= 0.6 is 11.8 Å². The highest BCUT2D eigenvalue weighted by atomic mass is 32.2. The summed E-state index contributed by atoms with van der Waals surface area (Å²) in [6.07, 6.45) is -0.655. The molecule has 49 heavy (non-hydrogen) atoms. The summed E-state index contributed by atoms with van der Waals surface area (Å²) >= 11 is 1.37. The minimum Gasteiger partial charge on any atom is -0.497 e. The quantitative estimate of drug-likeness (QED) is 0.156. The van der Waals surface area contributed by atoms with Crippen LogP contribution in [-0.4, -0.2) is 66.1 Å². The Bertz CT molecular complexity index is 1780. The van der Waals surface area contributed by atoms with E-state index in [1.165, 1.54) is 16.7 Å². The molecule has 2 amide bonds. The second kappa shape index (κ2) is 15.6. The third-order valence-corrected chi connectivity index (χ3v) is 9.36. The zero-order chi connectivity index (χ0) is 34.2. The molecule has 1 fully saturated rings. The Morgan fingerprint density at radius 1 is 0.837 bits per heavy atom. The lowest BCUT2D eigenvalue weighted by molar-refractivity contribution is -0.155. The molecule has 11 heteroatoms. The van der Waals surface area contributed by atoms with E-state index in [-0.39, 0.29) is 37.0 Å². The summed E-state index contributed by atoms with van der Waals surface area (Å²) in [7, 11) is 1.55. The van der Waals surface area contributed by atoms with Crippen LogP contribution in [-0.2, 0) is 35.1 Å². The van der Waals surface area contributed by atoms with Gasteiger partial charge in [0.1, 0.15) is 35.2 Å². The van der Waals surface area contributed by atoms with Crippen molar-refractivity contribution in [2.24, 2.45) is 0 Å². The van der Waals surface area contributed by atoms with Gasteiger partial charge in [-0.3, -0.25) is 14.5 Å². The number of fused-ring (bicyclic) bond motifs is 1. The molecule has 6 rings (SSSR count). The summed E-state index contributed by atoms with van der Waals surface area (Å²) in [5.74, 6) is -0.790. The van der Waals surface area contributed by atoms with Crippen LogP contribution in [0.25, 0.3) is 0 Å². The molecule has 0 spiro atoms. The van der Waals surface area contributed by atoms with Crippen LogP contribution < -0.4 is 14.8 Å². The second-order valence-corrected chi connectivity index (χ2v) is 12.4. The molecular formula is C38H34N2O8S. The maximum Gasteiger partial charge on any atom is 0.356 e. The molecule has 10 nitrogen and oxygen atoms in total. The fraction of sp³-hybridized carbons (Fsp3) is 0.211. The Labute approximate surface area is 288 Å². The van der Waals surface area contributed by atoms with Crippen LogP contribution in [0.1, 0.15) is 22.8 Å². The van der Waals surface area contributed by atoms with Crippen LogP contribution in [0.15, 0.2) is 127 Å². The van der Waals surface area contributed by atoms with Gasteiger partial charge in [0.15, 0.2) is 12.7 Å². The second-order valence-electron chi connectivity index (χ2n) is 11.3. The number of thioether (sulfide) groups is 1. The molecule has 1 N–H and O–H groups in total. The number of esters is 2. The molecule has 1 unspecified atom stereocenters. The molecule has 2 aliphatic rings. The van der Waals surface area contributed by atoms with Crippen LogP contribution in [0.3, 0.4) is 0 Å². The fourth-order valence-electron chi connectivity index (χ4n) is 5.56. The topological polar surface area (TPSA) is 120 Å². The summed E-state index contributed by atoms with van der Waals surface area (Å²) in [6.45, 7) is -0.622. The van der Waals surface area contributed by atoms with Gasteiger partial charge in [0, 0.05) is 11.3 Å². The van der Waals surface area contributed by atoms with Gasteiger partial charge in [-0.15, -0.1) is 11.8 Å². The number of hydrogen-bond donors (Lipinski definition) is 1. The minimum atomic E-state index is -0.829. The van der Waals surface area contributed by atoms with Crippen LogP contribution in [0.2, 0.25) is 0 Å². The normalized spacial score (nSPS) is 16.7. The highest BCUT2D eigenvalue weighted by molar-refractivity contribution is 8.00. The Morgan fingerprint density at radius 3 is 2.04 bits per heavy atom. The molecule has 1 saturated heterocycles. The number of rotatable bonds is 13. The van der Waals surface area contributed by atoms with Crippen molar-refractivity contribution in [3.05, 3.63) is 143 Å². The Hall–Kier alpha value is -5.55. The van der Waals surface area contributed by atoms with Crippen molar-refractivity contribution in [3.63, 3.8) is 0 Å². The summed E-state index contributed by atoms with van der Waals surface area (Å²) in [5.41, 5.74) is 2.72. The monoisotopic (exact) mass is 678 g/mol. The minimum absolute atomic E-state index is 0.00282. The van der Waals surface area contributed by atoms with Crippen molar-refractivity contribution in [3.8, 4) is 11.5 Å². The van der Waals surface area contributed by atoms with E-state index >= 15 is 0 Å². The molecule has 0 aliphatic carbocycles. The number of nitrogens with zero attached hydrogens (tertiary/aromatic N) is 1. The van der Waals surface area contributed by atoms with Gasteiger partial charge in [-0.05, 0) is 41.0 Å². The lowest BCUT2D eigenvalue weighted by Gasteiger charge is -2.49. The molecule has 2 aliphatic heterocycles. The zero-order valence-electron chi connectivity index (χ0n) is 26.7. The number of nitrogens with one attached hydrogen (secondary N) is 1. The van der Waals surface area contributed by atoms with E-state index in [1.807, 2.05) is 91.0 Å². The molecular weight excluding hydrogens is 644 g/mol. The SMILES string of the molecule is COc1ccc(OCC(=O)OCC2=C(C(=O)OC(c3ccccc3)c3ccccc3)N3C(=O)C(NC(=O)Cc4ccccc4)[C@@H]3SC2)cc1. The number of methoxy groups -OCH3 is 1. The Morgan fingerprint density at radius 2 is 1.43 bits per heavy atom. The lowest BCUT2D eigenvalue weighted by Crippen LogP contribution is -2.70. The lowest BCUT2D eigenvalue weighted by atomic mass is 10.0. The van der Waals surface area contributed by atoms with Crippen LogP contribution in [0, 0.1) is 0 Å². The van der Waals surface area contributed by atoms with Crippen molar-refractivity contribution >= 4 is 35.5 Å². The van der Waals surface area contributed by atoms with Gasteiger partial charge < -0.3 is 24.3 Å². The van der Waals surface area contributed by atoms with Crippen LogP contribution in [0.4, 0.5) is 0 Å². The maximum atomic E-state index is 14.1. The van der Waals surface area contributed by atoms with Gasteiger partial charge in [0.25, 0.3) is 5.91 Å². The van der Waals surface area contributed by atoms with Crippen molar-refractivity contribution in [2.75, 3.05) is 26.1 Å². The van der Waals surface area contributed by atoms with Crippen molar-refractivity contribution in [1.82, 2.24) is 10.2 Å². The average Bonchev–Trinajstić information content (AvgIpc) is 3.15. The van der Waals surface area contributed by atoms with E-state index in [9.17, 15) is 19.2 Å². The molecule has 4 aromatic rings. The highest BCUT2D eigenvalue weighted by Crippen LogP contribution is 2.41. The molecule has 2 heterocycles. The molecule has 0 aromatic heterocycles. The number of carbonyl (C=O) groups excluding carboxylic acids is 4. The Kier molecular flexibility index (Phi) is 10.6. The molecule has 250 valence electrons. The predicted molar refractivity (Wildman–Crippen MR) is 182 cm³/mol. The molecule has 0 saturated carbocycles. The van der Waals surface area contributed by atoms with Gasteiger partial charge >= 0.3 is 11.9 Å². The summed E-state index contributed by atoms with van der Waals surface area (Å²) in [4.78, 5) is 54.7. The van der Waals surface area contributed by atoms with Crippen LogP contribution in [0.5, 0.6) is 11.5 Å². The van der Waals surface area contributed by atoms with E-state index in [4.69, 9.17) is 18.9 Å². The number of hydrogen-bond acceptors (Lipinski definition) is 9. The average molecular weight is 679 g/mol. The van der Waals surface area contributed by atoms with E-state index in [0.29, 0.717) is 17.1 Å². The van der Waals surface area contributed by atoms with E-state index in [0.717, 1.165) is 16.7 Å². The van der Waals surface area contributed by atoms with Crippen molar-refractivity contribution in [1.29, 1.82) is 0 Å². The number of benzene rings is 4. The largest absolute Gasteiger partial charge is 0.497 e. The molecule has 2 atom stereocenters. The summed E-state index contributed by atoms with van der Waals surface area (Å²) in [6, 6.07) is 33.7. The number of ether oxygens (including phenoxy) is 4. The maximum absolute atomic E-state index is 14.1. The summed E-state index contributed by atoms with van der Waals surface area (Å²) in [5, 5.41) is 2.29. The van der Waals surface area contributed by atoms with E-state index in [2.05, 4.69) is 5.32 Å². The first-order chi connectivity index (χ1) is 23.9. The first-order valence-corrected chi connectivity index (χ1v) is 16.7. The van der Waals surface area contributed by atoms with Crippen molar-refractivity contribution in [2.45, 2.75) is 23.9 Å². The number of carbonyl (C=O) groups is 4. The molecule has 0 bridgehead atoms. The van der Waals surface area contributed by atoms with E-state index in [1.54, 1.807) is 31.4 Å². The fourth-order valence-corrected chi connectivity index (χ4v) is 6.89. The predicted octanol–water partition coefficient (Wildman–Crippen LogP) is 4.85. The summed E-state index contributed by atoms with van der Waals surface area (Å²) < 4.78 is 22.4. The standard InChI is InChI=1S/C38H34N2O8S/c1-45-29-17-19-30(20-18-29)46-23-32(42)47-22-28-24-49-37-33(39-31(41)21-25-11-5-2-6-12-25)36(43)40(37)34(28)38(44)48-35(26-13-7-3-8-14-26)27-15-9-4-10-16-27/h2-20,33,35,37H,21-24H2,1H3,(H,39,41)/t33?,37-/m0/s1. The number of amides is 2. The van der Waals surface area contributed by atoms with Crippen molar-refractivity contribution < 1.29 is 38.1 Å². The number of β-lactam (4-membered cyclic amide) rings is 1. The smallest absolute Gasteiger partial charge is 0.356 e. The Balaban J connectivity index is 1.21. The van der Waals surface area contributed by atoms with Gasteiger partial charge in [0.05, 0.1) is 13.5 Å². The molecule has 4 aromatic carbocycles. The van der Waals surface area contributed by atoms with Gasteiger partial charge in [-0.2, -0.15) is 0 Å².